The highest BCUT2D eigenvalue weighted by Crippen LogP contribution is 2.34. The molecule has 4 rings (SSSR count). The van der Waals surface area contributed by atoms with Crippen molar-refractivity contribution >= 4 is 39.1 Å². The third kappa shape index (κ3) is 4.53. The lowest BCUT2D eigenvalue weighted by Crippen LogP contribution is -2.14. The van der Waals surface area contributed by atoms with Crippen molar-refractivity contribution in [2.45, 2.75) is 32.8 Å². The molecule has 4 aromatic rings. The molecular formula is C25H25BrN4O2. The van der Waals surface area contributed by atoms with Crippen LogP contribution in [0.25, 0.3) is 29.1 Å². The van der Waals surface area contributed by atoms with Crippen LogP contribution >= 0.6 is 15.9 Å². The monoisotopic (exact) mass is 492 g/mol. The van der Waals surface area contributed by atoms with Crippen molar-refractivity contribution in [3.8, 4) is 17.4 Å². The standard InChI is InChI=1S/C25H25BrN4O2/c1-4-19(5-2)32-24-17(9-8-12-22(24)31-3)13-14-23-29-20-10-6-7-11-21(20)30(23)25-27-15-18(26)16-28-25/h6-16,19H,4-5H2,1-3H3. The van der Waals surface area contributed by atoms with E-state index in [1.54, 1.807) is 19.5 Å². The molecule has 0 bridgehead atoms. The lowest BCUT2D eigenvalue weighted by molar-refractivity contribution is 0.184. The highest BCUT2D eigenvalue weighted by atomic mass is 79.9. The van der Waals surface area contributed by atoms with Gasteiger partial charge in [-0.05, 0) is 59.1 Å². The van der Waals surface area contributed by atoms with Crippen LogP contribution in [0.3, 0.4) is 0 Å². The second-order valence-corrected chi connectivity index (χ2v) is 8.18. The molecule has 0 radical (unpaired) electrons. The normalized spacial score (nSPS) is 11.5. The van der Waals surface area contributed by atoms with Gasteiger partial charge in [-0.25, -0.2) is 15.0 Å². The molecule has 164 valence electrons. The number of ether oxygens (including phenoxy) is 2. The molecule has 0 unspecified atom stereocenters. The Morgan fingerprint density at radius 2 is 1.75 bits per heavy atom. The topological polar surface area (TPSA) is 62.1 Å². The number of halogens is 1. The van der Waals surface area contributed by atoms with Crippen LogP contribution < -0.4 is 9.47 Å². The number of hydrogen-bond donors (Lipinski definition) is 0. The lowest BCUT2D eigenvalue weighted by Gasteiger charge is -2.19. The largest absolute Gasteiger partial charge is 0.493 e. The van der Waals surface area contributed by atoms with E-state index in [0.717, 1.165) is 45.5 Å². The van der Waals surface area contributed by atoms with E-state index >= 15 is 0 Å². The summed E-state index contributed by atoms with van der Waals surface area (Å²) in [6.07, 6.45) is 9.39. The zero-order valence-electron chi connectivity index (χ0n) is 18.3. The summed E-state index contributed by atoms with van der Waals surface area (Å²) in [6, 6.07) is 13.8. The fourth-order valence-corrected chi connectivity index (χ4v) is 3.73. The summed E-state index contributed by atoms with van der Waals surface area (Å²) >= 11 is 3.40. The van der Waals surface area contributed by atoms with Crippen molar-refractivity contribution in [2.75, 3.05) is 7.11 Å². The molecule has 0 aliphatic carbocycles. The summed E-state index contributed by atoms with van der Waals surface area (Å²) in [5.41, 5.74) is 2.73. The third-order valence-electron chi connectivity index (χ3n) is 5.23. The Morgan fingerprint density at radius 1 is 1.00 bits per heavy atom. The minimum atomic E-state index is 0.124. The summed E-state index contributed by atoms with van der Waals surface area (Å²) in [5.74, 6) is 2.73. The van der Waals surface area contributed by atoms with Gasteiger partial charge in [0.25, 0.3) is 0 Å². The zero-order chi connectivity index (χ0) is 22.5. The first-order chi connectivity index (χ1) is 15.6. The second-order valence-electron chi connectivity index (χ2n) is 7.26. The average Bonchev–Trinajstić information content (AvgIpc) is 3.20. The van der Waals surface area contributed by atoms with Crippen LogP contribution in [-0.2, 0) is 0 Å². The number of methoxy groups -OCH3 is 1. The molecule has 2 aromatic heterocycles. The van der Waals surface area contributed by atoms with Gasteiger partial charge >= 0.3 is 0 Å². The van der Waals surface area contributed by atoms with Crippen molar-refractivity contribution in [3.05, 3.63) is 70.7 Å². The molecule has 0 spiro atoms. The first-order valence-corrected chi connectivity index (χ1v) is 11.4. The number of rotatable bonds is 8. The van der Waals surface area contributed by atoms with Crippen LogP contribution in [0.1, 0.15) is 38.1 Å². The lowest BCUT2D eigenvalue weighted by atomic mass is 10.1. The zero-order valence-corrected chi connectivity index (χ0v) is 19.9. The molecule has 7 heteroatoms. The molecule has 2 heterocycles. The van der Waals surface area contributed by atoms with Gasteiger partial charge in [0.15, 0.2) is 11.5 Å². The fourth-order valence-electron chi connectivity index (χ4n) is 3.52. The Kier molecular flexibility index (Phi) is 6.85. The maximum Gasteiger partial charge on any atom is 0.235 e. The van der Waals surface area contributed by atoms with Crippen LogP contribution in [-0.4, -0.2) is 32.7 Å². The molecule has 0 aliphatic rings. The van der Waals surface area contributed by atoms with Crippen molar-refractivity contribution < 1.29 is 9.47 Å². The Bertz CT molecular complexity index is 1230. The van der Waals surface area contributed by atoms with Gasteiger partial charge < -0.3 is 9.47 Å². The van der Waals surface area contributed by atoms with E-state index in [0.29, 0.717) is 11.7 Å². The molecule has 0 atom stereocenters. The predicted octanol–water partition coefficient (Wildman–Crippen LogP) is 6.32. The van der Waals surface area contributed by atoms with Gasteiger partial charge in [-0.1, -0.05) is 38.1 Å². The van der Waals surface area contributed by atoms with Crippen LogP contribution in [0.15, 0.2) is 59.3 Å². The molecule has 2 aromatic carbocycles. The first kappa shape index (κ1) is 22.0. The molecular weight excluding hydrogens is 468 g/mol. The SMILES string of the molecule is CCC(CC)Oc1c(C=Cc2nc3ccccc3n2-c2ncc(Br)cn2)cccc1OC. The van der Waals surface area contributed by atoms with Gasteiger partial charge in [0.05, 0.1) is 28.7 Å². The first-order valence-electron chi connectivity index (χ1n) is 10.6. The highest BCUT2D eigenvalue weighted by molar-refractivity contribution is 9.10. The predicted molar refractivity (Wildman–Crippen MR) is 131 cm³/mol. The van der Waals surface area contributed by atoms with E-state index in [1.807, 2.05) is 59.2 Å². The van der Waals surface area contributed by atoms with Crippen LogP contribution in [0.2, 0.25) is 0 Å². The molecule has 0 N–H and O–H groups in total. The van der Waals surface area contributed by atoms with Crippen molar-refractivity contribution in [3.63, 3.8) is 0 Å². The number of fused-ring (bicyclic) bond motifs is 1. The van der Waals surface area contributed by atoms with Gasteiger partial charge in [0.2, 0.25) is 5.95 Å². The van der Waals surface area contributed by atoms with Gasteiger partial charge in [0.1, 0.15) is 5.82 Å². The van der Waals surface area contributed by atoms with E-state index in [9.17, 15) is 0 Å². The Hall–Kier alpha value is -3.19. The number of imidazole rings is 1. The quantitative estimate of drug-likeness (QED) is 0.287. The molecule has 0 amide bonds. The van der Waals surface area contributed by atoms with E-state index in [-0.39, 0.29) is 6.10 Å². The Morgan fingerprint density at radius 3 is 2.47 bits per heavy atom. The summed E-state index contributed by atoms with van der Waals surface area (Å²) in [7, 11) is 1.66. The van der Waals surface area contributed by atoms with Crippen molar-refractivity contribution in [2.24, 2.45) is 0 Å². The minimum absolute atomic E-state index is 0.124. The molecule has 0 aliphatic heterocycles. The average molecular weight is 493 g/mol. The van der Waals surface area contributed by atoms with E-state index < -0.39 is 0 Å². The Balaban J connectivity index is 1.80. The fraction of sp³-hybridized carbons (Fsp3) is 0.240. The molecule has 0 fully saturated rings. The van der Waals surface area contributed by atoms with Gasteiger partial charge in [-0.15, -0.1) is 0 Å². The molecule has 0 saturated carbocycles. The highest BCUT2D eigenvalue weighted by Gasteiger charge is 2.15. The minimum Gasteiger partial charge on any atom is -0.493 e. The van der Waals surface area contributed by atoms with Crippen LogP contribution in [0.4, 0.5) is 0 Å². The summed E-state index contributed by atoms with van der Waals surface area (Å²) in [4.78, 5) is 13.8. The van der Waals surface area contributed by atoms with Gasteiger partial charge in [-0.2, -0.15) is 0 Å². The van der Waals surface area contributed by atoms with E-state index in [4.69, 9.17) is 14.5 Å². The van der Waals surface area contributed by atoms with Gasteiger partial charge in [-0.3, -0.25) is 4.57 Å². The van der Waals surface area contributed by atoms with Gasteiger partial charge in [0, 0.05) is 18.0 Å². The summed E-state index contributed by atoms with van der Waals surface area (Å²) < 4.78 is 14.6. The maximum atomic E-state index is 6.31. The van der Waals surface area contributed by atoms with Crippen LogP contribution in [0, 0.1) is 0 Å². The summed E-state index contributed by atoms with van der Waals surface area (Å²) in [5, 5.41) is 0. The van der Waals surface area contributed by atoms with E-state index in [2.05, 4.69) is 39.7 Å². The second kappa shape index (κ2) is 9.96. The van der Waals surface area contributed by atoms with Crippen molar-refractivity contribution in [1.82, 2.24) is 19.5 Å². The van der Waals surface area contributed by atoms with Crippen molar-refractivity contribution in [1.29, 1.82) is 0 Å². The number of aromatic nitrogens is 4. The smallest absolute Gasteiger partial charge is 0.235 e. The number of benzene rings is 2. The third-order valence-corrected chi connectivity index (χ3v) is 5.64. The number of nitrogens with zero attached hydrogens (tertiary/aromatic N) is 4. The van der Waals surface area contributed by atoms with E-state index in [1.165, 1.54) is 0 Å². The van der Waals surface area contributed by atoms with Crippen LogP contribution in [0.5, 0.6) is 11.5 Å². The Labute approximate surface area is 196 Å². The number of hydrogen-bond acceptors (Lipinski definition) is 5. The molecule has 6 nitrogen and oxygen atoms in total. The summed E-state index contributed by atoms with van der Waals surface area (Å²) in [6.45, 7) is 4.25. The molecule has 0 saturated heterocycles. The number of para-hydroxylation sites is 3. The molecule has 32 heavy (non-hydrogen) atoms. The maximum absolute atomic E-state index is 6.31.